The van der Waals surface area contributed by atoms with Gasteiger partial charge in [-0.3, -0.25) is 4.79 Å². The largest absolute Gasteiger partial charge is 0.391 e. The van der Waals surface area contributed by atoms with Gasteiger partial charge in [0.1, 0.15) is 0 Å². The van der Waals surface area contributed by atoms with Crippen LogP contribution in [0.2, 0.25) is 0 Å². The van der Waals surface area contributed by atoms with Gasteiger partial charge >= 0.3 is 6.18 Å². The van der Waals surface area contributed by atoms with Gasteiger partial charge in [0.2, 0.25) is 5.91 Å². The van der Waals surface area contributed by atoms with Crippen LogP contribution in [0, 0.1) is 11.8 Å². The zero-order valence-corrected chi connectivity index (χ0v) is 12.0. The van der Waals surface area contributed by atoms with E-state index in [4.69, 9.17) is 10.5 Å². The molecule has 1 heterocycles. The molecule has 2 rings (SSSR count). The standard InChI is InChI=1S/C14H23F3N2O2/c15-14(16,17)11-3-1-10(2-4-11)9-19-12(20)13(18)5-7-21-8-6-13/h10-11H,1-9,18H2,(H,19,20). The monoisotopic (exact) mass is 308 g/mol. The first-order chi connectivity index (χ1) is 9.81. The van der Waals surface area contributed by atoms with Gasteiger partial charge in [0, 0.05) is 19.8 Å². The quantitative estimate of drug-likeness (QED) is 0.838. The Hall–Kier alpha value is -0.820. The number of carbonyl (C=O) groups excluding carboxylic acids is 1. The molecule has 1 saturated carbocycles. The lowest BCUT2D eigenvalue weighted by molar-refractivity contribution is -0.183. The summed E-state index contributed by atoms with van der Waals surface area (Å²) < 4.78 is 42.9. The third kappa shape index (κ3) is 4.32. The molecule has 21 heavy (non-hydrogen) atoms. The maximum atomic E-state index is 12.6. The fraction of sp³-hybridized carbons (Fsp3) is 0.929. The molecular weight excluding hydrogens is 285 g/mol. The number of nitrogens with one attached hydrogen (secondary N) is 1. The van der Waals surface area contributed by atoms with Gasteiger partial charge in [0.05, 0.1) is 11.5 Å². The molecular formula is C14H23F3N2O2. The van der Waals surface area contributed by atoms with Crippen LogP contribution in [-0.4, -0.2) is 37.4 Å². The predicted molar refractivity (Wildman–Crippen MR) is 71.5 cm³/mol. The van der Waals surface area contributed by atoms with Crippen molar-refractivity contribution in [2.24, 2.45) is 17.6 Å². The zero-order valence-electron chi connectivity index (χ0n) is 12.0. The molecule has 0 radical (unpaired) electrons. The fourth-order valence-corrected chi connectivity index (χ4v) is 3.07. The van der Waals surface area contributed by atoms with Crippen LogP contribution in [-0.2, 0) is 9.53 Å². The van der Waals surface area contributed by atoms with E-state index < -0.39 is 17.6 Å². The number of hydrogen-bond acceptors (Lipinski definition) is 3. The third-order valence-corrected chi connectivity index (χ3v) is 4.70. The molecule has 1 aliphatic carbocycles. The van der Waals surface area contributed by atoms with Gasteiger partial charge in [0.15, 0.2) is 0 Å². The molecule has 2 aliphatic rings. The summed E-state index contributed by atoms with van der Waals surface area (Å²) in [4.78, 5) is 12.1. The van der Waals surface area contributed by atoms with E-state index in [-0.39, 0.29) is 24.7 Å². The Morgan fingerprint density at radius 2 is 1.76 bits per heavy atom. The molecule has 0 unspecified atom stereocenters. The number of alkyl halides is 3. The first kappa shape index (κ1) is 16.5. The molecule has 3 N–H and O–H groups in total. The van der Waals surface area contributed by atoms with Crippen molar-refractivity contribution in [1.29, 1.82) is 0 Å². The molecule has 0 aromatic heterocycles. The van der Waals surface area contributed by atoms with E-state index in [9.17, 15) is 18.0 Å². The van der Waals surface area contributed by atoms with Crippen LogP contribution in [0.3, 0.4) is 0 Å². The van der Waals surface area contributed by atoms with Gasteiger partial charge in [-0.15, -0.1) is 0 Å². The van der Waals surface area contributed by atoms with Crippen molar-refractivity contribution in [2.75, 3.05) is 19.8 Å². The van der Waals surface area contributed by atoms with E-state index in [0.717, 1.165) is 0 Å². The summed E-state index contributed by atoms with van der Waals surface area (Å²) in [5.74, 6) is -1.26. The van der Waals surface area contributed by atoms with Crippen molar-refractivity contribution in [2.45, 2.75) is 50.2 Å². The van der Waals surface area contributed by atoms with Crippen molar-refractivity contribution < 1.29 is 22.7 Å². The lowest BCUT2D eigenvalue weighted by atomic mass is 9.81. The second kappa shape index (κ2) is 6.52. The second-order valence-corrected chi connectivity index (χ2v) is 6.24. The normalized spacial score (nSPS) is 29.9. The van der Waals surface area contributed by atoms with E-state index in [1.54, 1.807) is 0 Å². The number of ether oxygens (including phenoxy) is 1. The molecule has 1 saturated heterocycles. The Morgan fingerprint density at radius 3 is 2.29 bits per heavy atom. The van der Waals surface area contributed by atoms with Crippen molar-refractivity contribution >= 4 is 5.91 Å². The van der Waals surface area contributed by atoms with Crippen LogP contribution in [0.4, 0.5) is 13.2 Å². The number of nitrogens with two attached hydrogens (primary N) is 1. The van der Waals surface area contributed by atoms with Crippen LogP contribution in [0.25, 0.3) is 0 Å². The maximum Gasteiger partial charge on any atom is 0.391 e. The van der Waals surface area contributed by atoms with Crippen molar-refractivity contribution in [1.82, 2.24) is 5.32 Å². The lowest BCUT2D eigenvalue weighted by Crippen LogP contribution is -2.57. The zero-order chi connectivity index (χ0) is 15.5. The molecule has 4 nitrogen and oxygen atoms in total. The Labute approximate surface area is 122 Å². The Morgan fingerprint density at radius 1 is 1.19 bits per heavy atom. The first-order valence-corrected chi connectivity index (χ1v) is 7.53. The second-order valence-electron chi connectivity index (χ2n) is 6.24. The summed E-state index contributed by atoms with van der Waals surface area (Å²) in [7, 11) is 0. The fourth-order valence-electron chi connectivity index (χ4n) is 3.07. The van der Waals surface area contributed by atoms with Crippen LogP contribution in [0.5, 0.6) is 0 Å². The molecule has 2 fully saturated rings. The van der Waals surface area contributed by atoms with Crippen molar-refractivity contribution in [3.8, 4) is 0 Å². The molecule has 7 heteroatoms. The average molecular weight is 308 g/mol. The molecule has 0 spiro atoms. The molecule has 0 bridgehead atoms. The minimum Gasteiger partial charge on any atom is -0.381 e. The highest BCUT2D eigenvalue weighted by atomic mass is 19.4. The van der Waals surface area contributed by atoms with Gasteiger partial charge in [-0.1, -0.05) is 0 Å². The number of carbonyl (C=O) groups is 1. The smallest absolute Gasteiger partial charge is 0.381 e. The number of amides is 1. The van der Waals surface area contributed by atoms with E-state index in [1.807, 2.05) is 0 Å². The Kier molecular flexibility index (Phi) is 5.14. The van der Waals surface area contributed by atoms with Crippen molar-refractivity contribution in [3.05, 3.63) is 0 Å². The molecule has 122 valence electrons. The molecule has 0 aromatic rings. The Bertz CT molecular complexity index is 360. The third-order valence-electron chi connectivity index (χ3n) is 4.70. The summed E-state index contributed by atoms with van der Waals surface area (Å²) >= 11 is 0. The minimum atomic E-state index is -4.09. The highest BCUT2D eigenvalue weighted by molar-refractivity contribution is 5.86. The van der Waals surface area contributed by atoms with Crippen LogP contribution in [0.1, 0.15) is 38.5 Å². The number of hydrogen-bond donors (Lipinski definition) is 2. The summed E-state index contributed by atoms with van der Waals surface area (Å²) in [6.45, 7) is 1.37. The first-order valence-electron chi connectivity index (χ1n) is 7.53. The lowest BCUT2D eigenvalue weighted by Gasteiger charge is -2.33. The SMILES string of the molecule is NC1(C(=O)NCC2CCC(C(F)(F)F)CC2)CCOCC1. The van der Waals surface area contributed by atoms with Crippen LogP contribution in [0.15, 0.2) is 0 Å². The van der Waals surface area contributed by atoms with Crippen molar-refractivity contribution in [3.63, 3.8) is 0 Å². The molecule has 1 amide bonds. The van der Waals surface area contributed by atoms with Crippen LogP contribution < -0.4 is 11.1 Å². The summed E-state index contributed by atoms with van der Waals surface area (Å²) in [5, 5.41) is 2.82. The number of rotatable bonds is 3. The average Bonchev–Trinajstić information content (AvgIpc) is 2.45. The van der Waals surface area contributed by atoms with E-state index >= 15 is 0 Å². The van der Waals surface area contributed by atoms with Gasteiger partial charge in [-0.25, -0.2) is 0 Å². The highest BCUT2D eigenvalue weighted by Crippen LogP contribution is 2.39. The minimum absolute atomic E-state index is 0.121. The van der Waals surface area contributed by atoms with Gasteiger partial charge in [0.25, 0.3) is 0 Å². The summed E-state index contributed by atoms with van der Waals surface area (Å²) in [5.41, 5.74) is 5.17. The van der Waals surface area contributed by atoms with E-state index in [0.29, 0.717) is 45.4 Å². The topological polar surface area (TPSA) is 64.4 Å². The number of halogens is 3. The molecule has 0 atom stereocenters. The van der Waals surface area contributed by atoms with Crippen LogP contribution >= 0.6 is 0 Å². The van der Waals surface area contributed by atoms with Gasteiger partial charge in [-0.2, -0.15) is 13.2 Å². The summed E-state index contributed by atoms with van der Waals surface area (Å²) in [6.07, 6.45) is -1.79. The van der Waals surface area contributed by atoms with E-state index in [1.165, 1.54) is 0 Å². The highest BCUT2D eigenvalue weighted by Gasteiger charge is 2.41. The van der Waals surface area contributed by atoms with Gasteiger partial charge < -0.3 is 15.8 Å². The molecule has 0 aromatic carbocycles. The Balaban J connectivity index is 1.73. The van der Waals surface area contributed by atoms with E-state index in [2.05, 4.69) is 5.32 Å². The maximum absolute atomic E-state index is 12.6. The molecule has 1 aliphatic heterocycles. The van der Waals surface area contributed by atoms with Gasteiger partial charge in [-0.05, 0) is 44.4 Å². The predicted octanol–water partition coefficient (Wildman–Crippen LogP) is 1.98. The summed E-state index contributed by atoms with van der Waals surface area (Å²) in [6, 6.07) is 0.